The molecule has 2 aliphatic carbocycles. The minimum atomic E-state index is -0.366. The van der Waals surface area contributed by atoms with Crippen LogP contribution >= 0.6 is 0 Å². The Balaban J connectivity index is 1.24. The van der Waals surface area contributed by atoms with Gasteiger partial charge in [-0.25, -0.2) is 4.39 Å². The summed E-state index contributed by atoms with van der Waals surface area (Å²) < 4.78 is 21.3. The number of halogens is 1. The quantitative estimate of drug-likeness (QED) is 0.563. The van der Waals surface area contributed by atoms with Gasteiger partial charge in [-0.1, -0.05) is 17.7 Å². The lowest BCUT2D eigenvalue weighted by Gasteiger charge is -2.35. The van der Waals surface area contributed by atoms with E-state index in [4.69, 9.17) is 9.72 Å². The van der Waals surface area contributed by atoms with Gasteiger partial charge in [-0.3, -0.25) is 9.89 Å². The number of ether oxygens (including phenoxy) is 1. The Kier molecular flexibility index (Phi) is 6.88. The fourth-order valence-electron chi connectivity index (χ4n) is 5.28. The number of piperazine rings is 1. The van der Waals surface area contributed by atoms with Gasteiger partial charge in [0.2, 0.25) is 0 Å². The van der Waals surface area contributed by atoms with Gasteiger partial charge >= 0.3 is 6.01 Å². The molecule has 1 aromatic carbocycles. The van der Waals surface area contributed by atoms with Crippen LogP contribution in [0.5, 0.6) is 11.8 Å². The van der Waals surface area contributed by atoms with Gasteiger partial charge in [0, 0.05) is 50.9 Å². The highest BCUT2D eigenvalue weighted by Crippen LogP contribution is 2.38. The van der Waals surface area contributed by atoms with Crippen LogP contribution in [0.3, 0.4) is 0 Å². The molecule has 1 saturated heterocycles. The third-order valence-electron chi connectivity index (χ3n) is 7.66. The second kappa shape index (κ2) is 10.5. The third-order valence-corrected chi connectivity index (χ3v) is 7.66. The zero-order valence-corrected chi connectivity index (χ0v) is 22.5. The number of amidine groups is 1. The number of rotatable bonds is 8. The molecule has 8 nitrogen and oxygen atoms in total. The minimum absolute atomic E-state index is 0.127. The van der Waals surface area contributed by atoms with Gasteiger partial charge in [0.15, 0.2) is 11.6 Å². The van der Waals surface area contributed by atoms with Crippen LogP contribution in [0.25, 0.3) is 6.08 Å². The number of hydrogen-bond donors (Lipinski definition) is 1. The van der Waals surface area contributed by atoms with Crippen molar-refractivity contribution >= 4 is 23.5 Å². The molecule has 6 rings (SSSR count). The maximum atomic E-state index is 15.3. The predicted molar refractivity (Wildman–Crippen MR) is 150 cm³/mol. The minimum Gasteiger partial charge on any atom is -0.421 e. The van der Waals surface area contributed by atoms with Crippen LogP contribution in [0.4, 0.5) is 16.0 Å². The molecule has 0 atom stereocenters. The van der Waals surface area contributed by atoms with Crippen LogP contribution in [0.15, 0.2) is 40.4 Å². The summed E-state index contributed by atoms with van der Waals surface area (Å²) >= 11 is 0. The van der Waals surface area contributed by atoms with Crippen molar-refractivity contribution in [3.05, 3.63) is 52.4 Å². The van der Waals surface area contributed by atoms with Gasteiger partial charge in [-0.15, -0.1) is 0 Å². The first-order valence-corrected chi connectivity index (χ1v) is 13.6. The molecule has 1 N–H and O–H groups in total. The molecule has 0 unspecified atom stereocenters. The normalized spacial score (nSPS) is 19.4. The van der Waals surface area contributed by atoms with Crippen molar-refractivity contribution in [3.63, 3.8) is 0 Å². The largest absolute Gasteiger partial charge is 0.421 e. The van der Waals surface area contributed by atoms with Crippen molar-refractivity contribution in [1.82, 2.24) is 19.8 Å². The standard InChI is InChI=1S/C29H36FN7O/c1-19-14-21-6-7-24(28(30)23(21)15-19)38-29-33-26(32-25-16-22(18-31-25)20-4-5-20)17-27(34-29)37-12-10-36(11-13-37)9-8-35(2)3/h6-7,15-17,20H,4-5,8-14,18H2,1-3H3,(H,31,32,33,34). The van der Waals surface area contributed by atoms with Gasteiger partial charge in [0.25, 0.3) is 0 Å². The molecule has 200 valence electrons. The van der Waals surface area contributed by atoms with Crippen molar-refractivity contribution in [2.45, 2.75) is 26.2 Å². The van der Waals surface area contributed by atoms with E-state index >= 15 is 4.39 Å². The summed E-state index contributed by atoms with van der Waals surface area (Å²) in [6.07, 6.45) is 7.31. The summed E-state index contributed by atoms with van der Waals surface area (Å²) in [5.41, 5.74) is 4.10. The number of aromatic nitrogens is 2. The number of likely N-dealkylation sites (N-methyl/N-ethyl adjacent to an activating group) is 1. The first-order chi connectivity index (χ1) is 18.4. The van der Waals surface area contributed by atoms with E-state index < -0.39 is 0 Å². The Labute approximate surface area is 223 Å². The van der Waals surface area contributed by atoms with Crippen LogP contribution in [0.2, 0.25) is 0 Å². The van der Waals surface area contributed by atoms with Crippen molar-refractivity contribution < 1.29 is 9.13 Å². The highest BCUT2D eigenvalue weighted by molar-refractivity contribution is 6.05. The monoisotopic (exact) mass is 517 g/mol. The Morgan fingerprint density at radius 2 is 1.92 bits per heavy atom. The first-order valence-electron chi connectivity index (χ1n) is 13.6. The average Bonchev–Trinajstić information content (AvgIpc) is 3.53. The highest BCUT2D eigenvalue weighted by atomic mass is 19.1. The van der Waals surface area contributed by atoms with Crippen molar-refractivity contribution in [3.8, 4) is 11.8 Å². The van der Waals surface area contributed by atoms with Gasteiger partial charge in [-0.05, 0) is 69.5 Å². The third kappa shape index (κ3) is 5.59. The number of fused-ring (bicyclic) bond motifs is 1. The van der Waals surface area contributed by atoms with Crippen LogP contribution in [-0.4, -0.2) is 85.5 Å². The van der Waals surface area contributed by atoms with Crippen molar-refractivity contribution in [2.24, 2.45) is 10.9 Å². The summed E-state index contributed by atoms with van der Waals surface area (Å²) in [4.78, 5) is 20.9. The summed E-state index contributed by atoms with van der Waals surface area (Å²) in [5, 5.41) is 3.36. The topological polar surface area (TPSA) is 69.1 Å². The van der Waals surface area contributed by atoms with E-state index in [9.17, 15) is 0 Å². The second-order valence-electron chi connectivity index (χ2n) is 11.1. The molecular formula is C29H36FN7O. The summed E-state index contributed by atoms with van der Waals surface area (Å²) in [6, 6.07) is 5.68. The van der Waals surface area contributed by atoms with Crippen molar-refractivity contribution in [1.29, 1.82) is 0 Å². The smallest absolute Gasteiger partial charge is 0.326 e. The molecule has 0 bridgehead atoms. The predicted octanol–water partition coefficient (Wildman–Crippen LogP) is 4.21. The Bertz CT molecular complexity index is 1310. The molecule has 2 aromatic rings. The number of aliphatic imine (C=N–C) groups is 1. The van der Waals surface area contributed by atoms with E-state index in [1.165, 1.54) is 18.4 Å². The molecule has 9 heteroatoms. The number of anilines is 2. The maximum absolute atomic E-state index is 15.3. The molecule has 1 saturated carbocycles. The lowest BCUT2D eigenvalue weighted by molar-refractivity contribution is 0.229. The summed E-state index contributed by atoms with van der Waals surface area (Å²) in [7, 11) is 4.21. The summed E-state index contributed by atoms with van der Waals surface area (Å²) in [6.45, 7) is 8.48. The molecule has 0 amide bonds. The first kappa shape index (κ1) is 25.0. The molecule has 3 heterocycles. The molecule has 0 radical (unpaired) electrons. The Morgan fingerprint density at radius 1 is 1.11 bits per heavy atom. The van der Waals surface area contributed by atoms with Crippen molar-refractivity contribution in [2.75, 3.05) is 70.1 Å². The number of allylic oxidation sites excluding steroid dienone is 1. The van der Waals surface area contributed by atoms with Gasteiger partial charge in [0.1, 0.15) is 17.5 Å². The SMILES string of the molecule is CC1=Cc2c(ccc(Oc3nc(NC4=NCC(C5CC5)=C4)cc(N4CCN(CCN(C)C)CC4)n3)c2F)C1. The number of benzene rings is 1. The number of hydrogen-bond acceptors (Lipinski definition) is 8. The maximum Gasteiger partial charge on any atom is 0.326 e. The lowest BCUT2D eigenvalue weighted by Crippen LogP contribution is -2.48. The fraction of sp³-hybridized carbons (Fsp3) is 0.483. The van der Waals surface area contributed by atoms with Crippen LogP contribution < -0.4 is 15.0 Å². The van der Waals surface area contributed by atoms with Gasteiger partial charge in [0.05, 0.1) is 6.54 Å². The molecule has 2 fully saturated rings. The zero-order chi connectivity index (χ0) is 26.2. The number of nitrogens with zero attached hydrogens (tertiary/aromatic N) is 6. The second-order valence-corrected chi connectivity index (χ2v) is 11.1. The van der Waals surface area contributed by atoms with E-state index in [0.29, 0.717) is 17.3 Å². The molecule has 4 aliphatic rings. The van der Waals surface area contributed by atoms with Crippen LogP contribution in [0.1, 0.15) is 30.9 Å². The average molecular weight is 518 g/mol. The van der Waals surface area contributed by atoms with Gasteiger partial charge in [-0.2, -0.15) is 9.97 Å². The van der Waals surface area contributed by atoms with E-state index in [1.807, 2.05) is 25.1 Å². The van der Waals surface area contributed by atoms with E-state index in [2.05, 4.69) is 50.2 Å². The Morgan fingerprint density at radius 3 is 2.68 bits per heavy atom. The molecule has 38 heavy (non-hydrogen) atoms. The van der Waals surface area contributed by atoms with Crippen LogP contribution in [-0.2, 0) is 6.42 Å². The van der Waals surface area contributed by atoms with Gasteiger partial charge < -0.3 is 19.9 Å². The lowest BCUT2D eigenvalue weighted by atomic mass is 10.1. The molecule has 2 aliphatic heterocycles. The fourth-order valence-corrected chi connectivity index (χ4v) is 5.28. The Hall–Kier alpha value is -3.30. The molecule has 0 spiro atoms. The van der Waals surface area contributed by atoms with E-state index in [1.54, 1.807) is 6.07 Å². The molecular weight excluding hydrogens is 481 g/mol. The van der Waals surface area contributed by atoms with Crippen LogP contribution in [0, 0.1) is 11.7 Å². The number of nitrogens with one attached hydrogen (secondary N) is 1. The van der Waals surface area contributed by atoms with E-state index in [0.717, 1.165) is 75.0 Å². The highest BCUT2D eigenvalue weighted by Gasteiger charge is 2.28. The summed E-state index contributed by atoms with van der Waals surface area (Å²) in [5.74, 6) is 2.63. The van der Waals surface area contributed by atoms with E-state index in [-0.39, 0.29) is 17.6 Å². The molecule has 1 aromatic heterocycles. The zero-order valence-electron chi connectivity index (χ0n) is 22.5.